The van der Waals surface area contributed by atoms with Gasteiger partial charge in [-0.3, -0.25) is 19.7 Å². The molecule has 140 valence electrons. The van der Waals surface area contributed by atoms with Gasteiger partial charge < -0.3 is 5.11 Å². The number of carbonyl (C=O) groups excluding carboxylic acids is 2. The Labute approximate surface area is 156 Å². The molecule has 3 rings (SSSR count). The molecular formula is C20H20N2O5. The Morgan fingerprint density at radius 2 is 1.44 bits per heavy atom. The number of hydrogen-bond donors (Lipinski definition) is 1. The van der Waals surface area contributed by atoms with Crippen molar-refractivity contribution in [3.8, 4) is 5.75 Å². The zero-order valence-electron chi connectivity index (χ0n) is 15.5. The van der Waals surface area contributed by atoms with Crippen molar-refractivity contribution in [1.29, 1.82) is 0 Å². The van der Waals surface area contributed by atoms with Crippen LogP contribution in [0.2, 0.25) is 0 Å². The van der Waals surface area contributed by atoms with E-state index in [0.717, 1.165) is 28.2 Å². The molecule has 0 radical (unpaired) electrons. The summed E-state index contributed by atoms with van der Waals surface area (Å²) in [7, 11) is 0. The van der Waals surface area contributed by atoms with E-state index in [2.05, 4.69) is 0 Å². The van der Waals surface area contributed by atoms with Gasteiger partial charge in [0.1, 0.15) is 0 Å². The Hall–Kier alpha value is -3.22. The molecule has 1 heterocycles. The van der Waals surface area contributed by atoms with Crippen LogP contribution in [0.5, 0.6) is 5.75 Å². The van der Waals surface area contributed by atoms with E-state index in [1.165, 1.54) is 0 Å². The fourth-order valence-electron chi connectivity index (χ4n) is 3.38. The molecule has 2 aromatic rings. The molecule has 27 heavy (non-hydrogen) atoms. The van der Waals surface area contributed by atoms with Gasteiger partial charge in [0.25, 0.3) is 11.8 Å². The number of rotatable bonds is 4. The van der Waals surface area contributed by atoms with E-state index in [9.17, 15) is 24.8 Å². The summed E-state index contributed by atoms with van der Waals surface area (Å²) >= 11 is 0. The van der Waals surface area contributed by atoms with Crippen molar-refractivity contribution in [3.63, 3.8) is 0 Å². The summed E-state index contributed by atoms with van der Waals surface area (Å²) in [6, 6.07) is 7.60. The van der Waals surface area contributed by atoms with Crippen molar-refractivity contribution in [2.75, 3.05) is 4.90 Å². The Morgan fingerprint density at radius 3 is 1.89 bits per heavy atom. The molecule has 1 aliphatic heterocycles. The summed E-state index contributed by atoms with van der Waals surface area (Å²) in [6.07, 6.45) is 0. The first-order valence-electron chi connectivity index (χ1n) is 8.68. The van der Waals surface area contributed by atoms with Gasteiger partial charge in [-0.15, -0.1) is 0 Å². The average molecular weight is 368 g/mol. The number of anilines is 1. The summed E-state index contributed by atoms with van der Waals surface area (Å²) in [5.41, 5.74) is 1.51. The van der Waals surface area contributed by atoms with Crippen LogP contribution >= 0.6 is 0 Å². The molecule has 1 N–H and O–H groups in total. The second kappa shape index (κ2) is 6.50. The van der Waals surface area contributed by atoms with Crippen molar-refractivity contribution in [2.45, 2.75) is 39.5 Å². The molecule has 7 heteroatoms. The summed E-state index contributed by atoms with van der Waals surface area (Å²) in [5.74, 6) is -1.72. The molecule has 0 saturated heterocycles. The lowest BCUT2D eigenvalue weighted by atomic mass is 9.92. The van der Waals surface area contributed by atoms with Gasteiger partial charge >= 0.3 is 5.69 Å². The highest BCUT2D eigenvalue weighted by molar-refractivity contribution is 6.35. The smallest absolute Gasteiger partial charge is 0.311 e. The first kappa shape index (κ1) is 18.6. The maximum Gasteiger partial charge on any atom is 0.311 e. The minimum Gasteiger partial charge on any atom is -0.502 e. The fourth-order valence-corrected chi connectivity index (χ4v) is 3.38. The van der Waals surface area contributed by atoms with E-state index < -0.39 is 28.2 Å². The summed E-state index contributed by atoms with van der Waals surface area (Å²) in [5, 5.41) is 21.0. The monoisotopic (exact) mass is 368 g/mol. The number of benzene rings is 2. The van der Waals surface area contributed by atoms with Crippen molar-refractivity contribution in [1.82, 2.24) is 0 Å². The number of nitro groups is 1. The predicted molar refractivity (Wildman–Crippen MR) is 101 cm³/mol. The van der Waals surface area contributed by atoms with E-state index >= 15 is 0 Å². The lowest BCUT2D eigenvalue weighted by Crippen LogP contribution is -2.31. The van der Waals surface area contributed by atoms with Crippen LogP contribution in [0.1, 0.15) is 71.4 Å². The quantitative estimate of drug-likeness (QED) is 0.491. The number of nitro benzene ring substituents is 1. The third-order valence-electron chi connectivity index (χ3n) is 4.74. The lowest BCUT2D eigenvalue weighted by molar-refractivity contribution is -0.385. The molecular weight excluding hydrogens is 348 g/mol. The number of fused-ring (bicyclic) bond motifs is 1. The van der Waals surface area contributed by atoms with Crippen LogP contribution in [0, 0.1) is 10.1 Å². The molecule has 0 aromatic heterocycles. The number of hydrogen-bond acceptors (Lipinski definition) is 5. The van der Waals surface area contributed by atoms with Gasteiger partial charge in [0.2, 0.25) is 0 Å². The van der Waals surface area contributed by atoms with Gasteiger partial charge in [0.05, 0.1) is 21.7 Å². The first-order chi connectivity index (χ1) is 12.6. The normalized spacial score (nSPS) is 13.6. The second-order valence-corrected chi connectivity index (χ2v) is 7.18. The number of nitrogens with zero attached hydrogens (tertiary/aromatic N) is 2. The minimum atomic E-state index is -0.780. The largest absolute Gasteiger partial charge is 0.502 e. The standard InChI is InChI=1S/C20H20N2O5/c1-10(2)12-6-5-7-13(11(3)4)18(12)21-19(24)14-8-16(22(26)27)17(23)9-15(14)20(21)25/h5-11,23H,1-4H3. The van der Waals surface area contributed by atoms with Crippen LogP contribution in [0.3, 0.4) is 0 Å². The fraction of sp³-hybridized carbons (Fsp3) is 0.300. The van der Waals surface area contributed by atoms with E-state index in [0.29, 0.717) is 5.69 Å². The molecule has 2 aromatic carbocycles. The third-order valence-corrected chi connectivity index (χ3v) is 4.74. The summed E-state index contributed by atoms with van der Waals surface area (Å²) < 4.78 is 0. The molecule has 0 saturated carbocycles. The van der Waals surface area contributed by atoms with E-state index in [1.54, 1.807) is 0 Å². The van der Waals surface area contributed by atoms with Crippen LogP contribution in [0.15, 0.2) is 30.3 Å². The van der Waals surface area contributed by atoms with Crippen LogP contribution in [-0.4, -0.2) is 21.8 Å². The summed E-state index contributed by atoms with van der Waals surface area (Å²) in [4.78, 5) is 37.4. The highest BCUT2D eigenvalue weighted by Gasteiger charge is 2.41. The Kier molecular flexibility index (Phi) is 4.47. The van der Waals surface area contributed by atoms with Gasteiger partial charge in [-0.1, -0.05) is 45.9 Å². The number of amides is 2. The molecule has 1 aliphatic rings. The number of para-hydroxylation sites is 1. The van der Waals surface area contributed by atoms with Crippen LogP contribution < -0.4 is 4.90 Å². The molecule has 0 atom stereocenters. The van der Waals surface area contributed by atoms with E-state index in [1.807, 2.05) is 45.9 Å². The maximum atomic E-state index is 13.0. The Balaban J connectivity index is 2.25. The molecule has 0 spiro atoms. The van der Waals surface area contributed by atoms with Gasteiger partial charge in [0.15, 0.2) is 5.75 Å². The number of phenolic OH excluding ortho intramolecular Hbond substituents is 1. The predicted octanol–water partition coefficient (Wildman–Crippen LogP) is 4.35. The molecule has 7 nitrogen and oxygen atoms in total. The van der Waals surface area contributed by atoms with Crippen molar-refractivity contribution >= 4 is 23.2 Å². The molecule has 0 unspecified atom stereocenters. The topological polar surface area (TPSA) is 101 Å². The minimum absolute atomic E-state index is 0.0311. The molecule has 0 fully saturated rings. The zero-order chi connectivity index (χ0) is 20.0. The van der Waals surface area contributed by atoms with Gasteiger partial charge in [-0.25, -0.2) is 4.90 Å². The van der Waals surface area contributed by atoms with Gasteiger partial charge in [0, 0.05) is 12.1 Å². The second-order valence-electron chi connectivity index (χ2n) is 7.18. The number of carbonyl (C=O) groups is 2. The molecule has 2 amide bonds. The van der Waals surface area contributed by atoms with Gasteiger partial charge in [-0.05, 0) is 23.0 Å². The third kappa shape index (κ3) is 2.85. The van der Waals surface area contributed by atoms with Crippen LogP contribution in [0.25, 0.3) is 0 Å². The SMILES string of the molecule is CC(C)c1cccc(C(C)C)c1N1C(=O)c2cc(O)c([N+](=O)[O-])cc2C1=O. The average Bonchev–Trinajstić information content (AvgIpc) is 2.83. The Morgan fingerprint density at radius 1 is 0.963 bits per heavy atom. The zero-order valence-corrected chi connectivity index (χ0v) is 15.5. The van der Waals surface area contributed by atoms with Crippen LogP contribution in [-0.2, 0) is 0 Å². The number of imide groups is 1. The first-order valence-corrected chi connectivity index (χ1v) is 8.68. The van der Waals surface area contributed by atoms with E-state index in [-0.39, 0.29) is 23.0 Å². The van der Waals surface area contributed by atoms with Crippen molar-refractivity contribution < 1.29 is 19.6 Å². The van der Waals surface area contributed by atoms with Crippen molar-refractivity contribution in [2.24, 2.45) is 0 Å². The Bertz CT molecular complexity index is 952. The van der Waals surface area contributed by atoms with Gasteiger partial charge in [-0.2, -0.15) is 0 Å². The highest BCUT2D eigenvalue weighted by atomic mass is 16.6. The number of phenols is 1. The molecule has 0 bridgehead atoms. The highest BCUT2D eigenvalue weighted by Crippen LogP contribution is 2.41. The summed E-state index contributed by atoms with van der Waals surface area (Å²) in [6.45, 7) is 7.88. The maximum absolute atomic E-state index is 13.0. The van der Waals surface area contributed by atoms with Crippen molar-refractivity contribution in [3.05, 3.63) is 62.7 Å². The number of aromatic hydroxyl groups is 1. The van der Waals surface area contributed by atoms with Crippen LogP contribution in [0.4, 0.5) is 11.4 Å². The molecule has 0 aliphatic carbocycles. The lowest BCUT2D eigenvalue weighted by Gasteiger charge is -2.25. The van der Waals surface area contributed by atoms with E-state index in [4.69, 9.17) is 0 Å².